The van der Waals surface area contributed by atoms with E-state index in [1.165, 1.54) is 0 Å². The molecule has 2 N–H and O–H groups in total. The molecule has 2 unspecified atom stereocenters. The molecular weight excluding hydrogens is 354 g/mol. The fourth-order valence-electron chi connectivity index (χ4n) is 4.02. The molecule has 0 aliphatic carbocycles. The third-order valence-corrected chi connectivity index (χ3v) is 5.75. The Hall–Kier alpha value is -2.38. The van der Waals surface area contributed by atoms with Crippen LogP contribution in [0.3, 0.4) is 0 Å². The average Bonchev–Trinajstić information content (AvgIpc) is 3.42. The minimum atomic E-state index is -0.351. The van der Waals surface area contributed by atoms with Crippen molar-refractivity contribution in [1.82, 2.24) is 14.7 Å². The molecule has 2 aromatic rings. The normalized spacial score (nSPS) is 22.1. The predicted octanol–water partition coefficient (Wildman–Crippen LogP) is 2.75. The minimum Gasteiger partial charge on any atom is -0.382 e. The van der Waals surface area contributed by atoms with Gasteiger partial charge >= 0.3 is 0 Å². The van der Waals surface area contributed by atoms with Gasteiger partial charge in [0.25, 0.3) is 0 Å². The molecule has 1 aromatic carbocycles. The van der Waals surface area contributed by atoms with Crippen molar-refractivity contribution in [2.75, 3.05) is 36.9 Å². The predicted molar refractivity (Wildman–Crippen MR) is 109 cm³/mol. The van der Waals surface area contributed by atoms with Crippen LogP contribution in [0.5, 0.6) is 0 Å². The van der Waals surface area contributed by atoms with E-state index in [2.05, 4.69) is 26.7 Å². The molecule has 0 bridgehead atoms. The second kappa shape index (κ2) is 8.75. The molecule has 7 heteroatoms. The van der Waals surface area contributed by atoms with Gasteiger partial charge in [-0.15, -0.1) is 0 Å². The molecule has 150 valence electrons. The number of anilines is 2. The largest absolute Gasteiger partial charge is 0.382 e. The Morgan fingerprint density at radius 2 is 2.04 bits per heavy atom. The van der Waals surface area contributed by atoms with Gasteiger partial charge in [0.1, 0.15) is 6.04 Å². The number of hydrogen-bond donors (Lipinski definition) is 2. The van der Waals surface area contributed by atoms with E-state index >= 15 is 0 Å². The Morgan fingerprint density at radius 3 is 2.75 bits per heavy atom. The van der Waals surface area contributed by atoms with Crippen LogP contribution in [0, 0.1) is 0 Å². The van der Waals surface area contributed by atoms with Gasteiger partial charge in [-0.05, 0) is 50.5 Å². The maximum Gasteiger partial charge on any atom is 0.248 e. The zero-order chi connectivity index (χ0) is 19.3. The van der Waals surface area contributed by atoms with Gasteiger partial charge in [0.05, 0.1) is 6.61 Å². The lowest BCUT2D eigenvalue weighted by Gasteiger charge is -2.36. The quantitative estimate of drug-likeness (QED) is 0.803. The van der Waals surface area contributed by atoms with Crippen molar-refractivity contribution in [2.45, 2.75) is 44.3 Å². The van der Waals surface area contributed by atoms with E-state index in [1.807, 2.05) is 31.2 Å². The lowest BCUT2D eigenvalue weighted by molar-refractivity contribution is -0.119. The Labute approximate surface area is 166 Å². The van der Waals surface area contributed by atoms with Gasteiger partial charge in [0, 0.05) is 55.5 Å². The lowest BCUT2D eigenvalue weighted by Crippen LogP contribution is -2.44. The van der Waals surface area contributed by atoms with Crippen LogP contribution in [0.4, 0.5) is 11.4 Å². The summed E-state index contributed by atoms with van der Waals surface area (Å²) in [5, 5.41) is 10.8. The highest BCUT2D eigenvalue weighted by molar-refractivity contribution is 5.93. The van der Waals surface area contributed by atoms with Crippen LogP contribution >= 0.6 is 0 Å². The van der Waals surface area contributed by atoms with E-state index in [-0.39, 0.29) is 11.9 Å². The number of amides is 1. The maximum atomic E-state index is 12.5. The van der Waals surface area contributed by atoms with E-state index < -0.39 is 0 Å². The highest BCUT2D eigenvalue weighted by Gasteiger charge is 2.27. The highest BCUT2D eigenvalue weighted by atomic mass is 16.5. The van der Waals surface area contributed by atoms with Crippen molar-refractivity contribution in [1.29, 1.82) is 0 Å². The molecule has 0 radical (unpaired) electrons. The zero-order valence-electron chi connectivity index (χ0n) is 16.4. The molecule has 2 saturated heterocycles. The lowest BCUT2D eigenvalue weighted by atomic mass is 10.0. The number of piperidine rings is 1. The Bertz CT molecular complexity index is 765. The third kappa shape index (κ3) is 4.54. The van der Waals surface area contributed by atoms with Crippen molar-refractivity contribution in [3.63, 3.8) is 0 Å². The second-order valence-electron chi connectivity index (χ2n) is 7.70. The van der Waals surface area contributed by atoms with Crippen LogP contribution in [0.1, 0.15) is 32.2 Å². The summed E-state index contributed by atoms with van der Waals surface area (Å²) in [4.78, 5) is 15.0. The van der Waals surface area contributed by atoms with E-state index in [0.717, 1.165) is 56.9 Å². The first-order valence-corrected chi connectivity index (χ1v) is 10.2. The topological polar surface area (TPSA) is 71.4 Å². The number of hydrogen-bond acceptors (Lipinski definition) is 5. The molecule has 4 rings (SSSR count). The van der Waals surface area contributed by atoms with Crippen molar-refractivity contribution >= 4 is 17.3 Å². The summed E-state index contributed by atoms with van der Waals surface area (Å²) < 4.78 is 7.17. The monoisotopic (exact) mass is 383 g/mol. The van der Waals surface area contributed by atoms with Gasteiger partial charge in [0.15, 0.2) is 0 Å². The fraction of sp³-hybridized carbons (Fsp3) is 0.524. The number of carbonyl (C=O) groups is 1. The van der Waals surface area contributed by atoms with E-state index in [0.29, 0.717) is 12.1 Å². The summed E-state index contributed by atoms with van der Waals surface area (Å²) in [6.07, 6.45) is 6.90. The van der Waals surface area contributed by atoms with Crippen LogP contribution in [0.15, 0.2) is 42.7 Å². The van der Waals surface area contributed by atoms with Gasteiger partial charge in [-0.1, -0.05) is 6.07 Å². The molecule has 2 fully saturated rings. The Kier molecular flexibility index (Phi) is 5.92. The fourth-order valence-corrected chi connectivity index (χ4v) is 4.02. The van der Waals surface area contributed by atoms with E-state index in [9.17, 15) is 4.79 Å². The Morgan fingerprint density at radius 1 is 1.21 bits per heavy atom. The van der Waals surface area contributed by atoms with Crippen LogP contribution < -0.4 is 10.6 Å². The van der Waals surface area contributed by atoms with Gasteiger partial charge in [-0.25, -0.2) is 0 Å². The second-order valence-corrected chi connectivity index (χ2v) is 7.70. The maximum absolute atomic E-state index is 12.5. The molecule has 7 nitrogen and oxygen atoms in total. The van der Waals surface area contributed by atoms with Crippen molar-refractivity contribution in [3.8, 4) is 0 Å². The van der Waals surface area contributed by atoms with E-state index in [1.54, 1.807) is 17.1 Å². The molecule has 2 aliphatic heterocycles. The molecule has 28 heavy (non-hydrogen) atoms. The summed E-state index contributed by atoms with van der Waals surface area (Å²) in [6.45, 7) is 5.86. The molecule has 0 spiro atoms. The first-order chi connectivity index (χ1) is 13.7. The average molecular weight is 383 g/mol. The number of rotatable bonds is 6. The molecule has 1 aromatic heterocycles. The standard InChI is InChI=1S/C21H29N5O2/c1-16(26-10-3-9-22-26)21(27)24-19-5-2-4-18(14-19)23-17-6-11-25(12-7-17)20-8-13-28-15-20/h2-5,9-10,14,16-17,20,23H,6-8,11-13,15H2,1H3,(H,24,27). The number of benzene rings is 1. The molecule has 2 aliphatic rings. The van der Waals surface area contributed by atoms with E-state index in [4.69, 9.17) is 4.74 Å². The van der Waals surface area contributed by atoms with Gasteiger partial charge in [0.2, 0.25) is 5.91 Å². The summed E-state index contributed by atoms with van der Waals surface area (Å²) >= 11 is 0. The van der Waals surface area contributed by atoms with Crippen LogP contribution in [-0.2, 0) is 9.53 Å². The van der Waals surface area contributed by atoms with Gasteiger partial charge in [-0.2, -0.15) is 5.10 Å². The number of nitrogens with zero attached hydrogens (tertiary/aromatic N) is 3. The van der Waals surface area contributed by atoms with Crippen LogP contribution in [0.25, 0.3) is 0 Å². The SMILES string of the molecule is CC(C(=O)Nc1cccc(NC2CCN(C3CCOC3)CC2)c1)n1cccn1. The smallest absolute Gasteiger partial charge is 0.248 e. The van der Waals surface area contributed by atoms with Crippen molar-refractivity contribution in [2.24, 2.45) is 0 Å². The number of likely N-dealkylation sites (tertiary alicyclic amines) is 1. The van der Waals surface area contributed by atoms with Gasteiger partial charge in [-0.3, -0.25) is 14.4 Å². The number of ether oxygens (including phenoxy) is 1. The number of aromatic nitrogens is 2. The first kappa shape index (κ1) is 19.0. The van der Waals surface area contributed by atoms with Crippen molar-refractivity contribution < 1.29 is 9.53 Å². The molecule has 1 amide bonds. The highest BCUT2D eigenvalue weighted by Crippen LogP contribution is 2.23. The zero-order valence-corrected chi connectivity index (χ0v) is 16.4. The Balaban J connectivity index is 1.30. The first-order valence-electron chi connectivity index (χ1n) is 10.2. The van der Waals surface area contributed by atoms with Crippen LogP contribution in [0.2, 0.25) is 0 Å². The molecule has 2 atom stereocenters. The summed E-state index contributed by atoms with van der Waals surface area (Å²) in [5.74, 6) is -0.0760. The summed E-state index contributed by atoms with van der Waals surface area (Å²) in [6, 6.07) is 10.5. The molecule has 3 heterocycles. The number of nitrogens with one attached hydrogen (secondary N) is 2. The van der Waals surface area contributed by atoms with Crippen molar-refractivity contribution in [3.05, 3.63) is 42.7 Å². The van der Waals surface area contributed by atoms with Gasteiger partial charge < -0.3 is 15.4 Å². The van der Waals surface area contributed by atoms with Crippen LogP contribution in [-0.4, -0.2) is 59.0 Å². The summed E-state index contributed by atoms with van der Waals surface area (Å²) in [5.41, 5.74) is 1.85. The molecule has 0 saturated carbocycles. The summed E-state index contributed by atoms with van der Waals surface area (Å²) in [7, 11) is 0. The third-order valence-electron chi connectivity index (χ3n) is 5.75. The minimum absolute atomic E-state index is 0.0760. The number of carbonyl (C=O) groups excluding carboxylic acids is 1. The molecular formula is C21H29N5O2.